The van der Waals surface area contributed by atoms with E-state index in [9.17, 15) is 19.2 Å². The number of hydrogen-bond acceptors (Lipinski definition) is 7. The summed E-state index contributed by atoms with van der Waals surface area (Å²) in [4.78, 5) is 62.9. The number of hydrogen-bond donors (Lipinski definition) is 1. The van der Waals surface area contributed by atoms with Gasteiger partial charge in [-0.15, -0.1) is 0 Å². The molecule has 3 amide bonds. The topological polar surface area (TPSA) is 127 Å². The van der Waals surface area contributed by atoms with Gasteiger partial charge in [0, 0.05) is 18.8 Å². The molecule has 4 rings (SSSR count). The predicted octanol–water partition coefficient (Wildman–Crippen LogP) is 6.69. The van der Waals surface area contributed by atoms with Gasteiger partial charge in [0.1, 0.15) is 16.9 Å². The average molecular weight is 622 g/mol. The van der Waals surface area contributed by atoms with Crippen LogP contribution in [-0.4, -0.2) is 50.9 Å². The van der Waals surface area contributed by atoms with Gasteiger partial charge < -0.3 is 19.4 Å². The molecule has 0 aliphatic heterocycles. The smallest absolute Gasteiger partial charge is 0.425 e. The number of carbonyl (C=O) groups excluding carboxylic acids is 3. The van der Waals surface area contributed by atoms with Crippen LogP contribution < -0.4 is 15.4 Å². The minimum absolute atomic E-state index is 0.0176. The van der Waals surface area contributed by atoms with Gasteiger partial charge in [0.15, 0.2) is 5.82 Å². The molecule has 0 saturated heterocycles. The molecule has 12 heteroatoms. The van der Waals surface area contributed by atoms with Crippen LogP contribution in [0.3, 0.4) is 0 Å². The second kappa shape index (κ2) is 12.2. The van der Waals surface area contributed by atoms with E-state index in [1.54, 1.807) is 98.0 Å². The zero-order chi connectivity index (χ0) is 32.6. The molecule has 0 atom stereocenters. The molecule has 3 aromatic heterocycles. The number of aryl methyl sites for hydroxylation is 1. The highest BCUT2D eigenvalue weighted by Crippen LogP contribution is 2.28. The van der Waals surface area contributed by atoms with E-state index in [4.69, 9.17) is 21.1 Å². The number of anilines is 2. The number of amides is 3. The lowest BCUT2D eigenvalue weighted by molar-refractivity contribution is 0.0428. The third-order valence-corrected chi connectivity index (χ3v) is 6.62. The number of carbonyl (C=O) groups is 3. The zero-order valence-corrected chi connectivity index (χ0v) is 26.8. The maximum Gasteiger partial charge on any atom is 0.425 e. The second-order valence-electron chi connectivity index (χ2n) is 12.3. The van der Waals surface area contributed by atoms with E-state index < -0.39 is 29.3 Å². The Bertz CT molecular complexity index is 1770. The van der Waals surface area contributed by atoms with Gasteiger partial charge in [-0.1, -0.05) is 29.8 Å². The number of pyridine rings is 2. The summed E-state index contributed by atoms with van der Waals surface area (Å²) in [6, 6.07) is 14.8. The first kappa shape index (κ1) is 32.3. The Kier molecular flexibility index (Phi) is 8.92. The number of aromatic nitrogens is 3. The van der Waals surface area contributed by atoms with E-state index in [1.807, 2.05) is 0 Å². The number of halogens is 1. The van der Waals surface area contributed by atoms with Crippen molar-refractivity contribution < 1.29 is 23.9 Å². The fourth-order valence-electron chi connectivity index (χ4n) is 4.42. The van der Waals surface area contributed by atoms with Crippen molar-refractivity contribution in [1.82, 2.24) is 14.5 Å². The minimum Gasteiger partial charge on any atom is -0.443 e. The third kappa shape index (κ3) is 7.28. The van der Waals surface area contributed by atoms with Gasteiger partial charge in [-0.05, 0) is 84.4 Å². The zero-order valence-electron chi connectivity index (χ0n) is 26.0. The number of H-pyrrole nitrogens is 1. The number of rotatable bonds is 5. The van der Waals surface area contributed by atoms with Crippen molar-refractivity contribution in [2.75, 3.05) is 16.8 Å². The predicted molar refractivity (Wildman–Crippen MR) is 170 cm³/mol. The molecule has 0 fully saturated rings. The Morgan fingerprint density at radius 2 is 1.55 bits per heavy atom. The Labute approximate surface area is 260 Å². The molecule has 0 aliphatic rings. The van der Waals surface area contributed by atoms with Crippen LogP contribution in [0.2, 0.25) is 5.02 Å². The van der Waals surface area contributed by atoms with Crippen molar-refractivity contribution >= 4 is 52.2 Å². The number of nitrogens with zero attached hydrogens (tertiary/aromatic N) is 4. The van der Waals surface area contributed by atoms with Gasteiger partial charge in [0.2, 0.25) is 0 Å². The fourth-order valence-corrected chi connectivity index (χ4v) is 4.68. The van der Waals surface area contributed by atoms with Crippen molar-refractivity contribution in [3.05, 3.63) is 86.9 Å². The van der Waals surface area contributed by atoms with Crippen molar-refractivity contribution in [2.24, 2.45) is 0 Å². The molecule has 44 heavy (non-hydrogen) atoms. The molecule has 0 radical (unpaired) electrons. The lowest BCUT2D eigenvalue weighted by Gasteiger charge is -2.28. The minimum atomic E-state index is -0.931. The number of fused-ring (bicyclic) bond motifs is 1. The number of ether oxygens (including phenoxy) is 2. The van der Waals surface area contributed by atoms with E-state index in [-0.39, 0.29) is 23.6 Å². The van der Waals surface area contributed by atoms with Crippen LogP contribution in [0.4, 0.5) is 21.1 Å². The third-order valence-electron chi connectivity index (χ3n) is 6.30. The molecule has 0 bridgehead atoms. The molecule has 0 unspecified atom stereocenters. The SMILES string of the molecule is Cc1cc2[nH]c(Cn3c(C(=O)N(C)c4ccccc4Cl)cccc3=O)cc2nc1N(C(=O)OC(C)(C)C)C(=O)OC(C)(C)C. The number of imide groups is 1. The van der Waals surface area contributed by atoms with Crippen molar-refractivity contribution in [1.29, 1.82) is 0 Å². The molecule has 3 heterocycles. The van der Waals surface area contributed by atoms with Crippen LogP contribution in [0.15, 0.2) is 59.4 Å². The summed E-state index contributed by atoms with van der Waals surface area (Å²) < 4.78 is 12.4. The molecular weight excluding hydrogens is 586 g/mol. The van der Waals surface area contributed by atoms with Crippen LogP contribution >= 0.6 is 11.6 Å². The average Bonchev–Trinajstić information content (AvgIpc) is 3.28. The number of benzene rings is 1. The Balaban J connectivity index is 1.73. The van der Waals surface area contributed by atoms with Crippen molar-refractivity contribution in [3.8, 4) is 0 Å². The molecule has 232 valence electrons. The molecule has 0 aliphatic carbocycles. The summed E-state index contributed by atoms with van der Waals surface area (Å²) in [5.41, 5.74) is 0.590. The van der Waals surface area contributed by atoms with Gasteiger partial charge in [-0.3, -0.25) is 14.2 Å². The Morgan fingerprint density at radius 1 is 0.932 bits per heavy atom. The summed E-state index contributed by atoms with van der Waals surface area (Å²) in [5.74, 6) is -0.380. The Hall–Kier alpha value is -4.64. The molecule has 4 aromatic rings. The standard InChI is InChI=1S/C32H36ClN5O6/c1-19-16-22-23(35-27(19)38(29(41)43-31(2,3)4)30(42)44-32(5,6)7)17-20(34-22)18-37-25(14-11-15-26(37)39)28(40)36(8)24-13-10-9-12-21(24)33/h9-17,34H,18H2,1-8H3. The van der Waals surface area contributed by atoms with Crippen LogP contribution in [0, 0.1) is 6.92 Å². The molecule has 0 saturated carbocycles. The maximum absolute atomic E-state index is 13.5. The molecule has 0 spiro atoms. The first-order valence-electron chi connectivity index (χ1n) is 13.9. The number of aromatic amines is 1. The number of nitrogens with one attached hydrogen (secondary N) is 1. The molecule has 1 N–H and O–H groups in total. The Morgan fingerprint density at radius 3 is 2.14 bits per heavy atom. The second-order valence-corrected chi connectivity index (χ2v) is 12.7. The van der Waals surface area contributed by atoms with Gasteiger partial charge >= 0.3 is 12.2 Å². The maximum atomic E-state index is 13.5. The van der Waals surface area contributed by atoms with E-state index in [0.29, 0.717) is 33.0 Å². The van der Waals surface area contributed by atoms with Crippen LogP contribution in [0.1, 0.15) is 63.3 Å². The lowest BCUT2D eigenvalue weighted by atomic mass is 10.2. The molecular formula is C32H36ClN5O6. The van der Waals surface area contributed by atoms with Crippen LogP contribution in [-0.2, 0) is 16.0 Å². The van der Waals surface area contributed by atoms with Gasteiger partial charge in [0.25, 0.3) is 11.5 Å². The lowest BCUT2D eigenvalue weighted by Crippen LogP contribution is -2.44. The quantitative estimate of drug-likeness (QED) is 0.263. The van der Waals surface area contributed by atoms with Crippen LogP contribution in [0.25, 0.3) is 11.0 Å². The summed E-state index contributed by atoms with van der Waals surface area (Å²) >= 11 is 6.31. The normalized spacial score (nSPS) is 11.8. The summed E-state index contributed by atoms with van der Waals surface area (Å²) in [6.07, 6.45) is -1.86. The largest absolute Gasteiger partial charge is 0.443 e. The van der Waals surface area contributed by atoms with Gasteiger partial charge in [0.05, 0.1) is 28.3 Å². The van der Waals surface area contributed by atoms with E-state index >= 15 is 0 Å². The van der Waals surface area contributed by atoms with E-state index in [1.165, 1.54) is 21.6 Å². The monoisotopic (exact) mass is 621 g/mol. The first-order chi connectivity index (χ1) is 20.4. The highest BCUT2D eigenvalue weighted by molar-refractivity contribution is 6.34. The first-order valence-corrected chi connectivity index (χ1v) is 14.3. The summed E-state index contributed by atoms with van der Waals surface area (Å²) in [5, 5.41) is 0.396. The highest BCUT2D eigenvalue weighted by Gasteiger charge is 2.35. The van der Waals surface area contributed by atoms with Crippen molar-refractivity contribution in [3.63, 3.8) is 0 Å². The van der Waals surface area contributed by atoms with E-state index in [2.05, 4.69) is 9.97 Å². The highest BCUT2D eigenvalue weighted by atomic mass is 35.5. The van der Waals surface area contributed by atoms with Gasteiger partial charge in [-0.2, -0.15) is 4.90 Å². The molecule has 1 aromatic carbocycles. The number of para-hydroxylation sites is 1. The van der Waals surface area contributed by atoms with Gasteiger partial charge in [-0.25, -0.2) is 14.6 Å². The van der Waals surface area contributed by atoms with Crippen molar-refractivity contribution in [2.45, 2.75) is 66.2 Å². The van der Waals surface area contributed by atoms with E-state index in [0.717, 1.165) is 4.90 Å². The summed E-state index contributed by atoms with van der Waals surface area (Å²) in [7, 11) is 1.59. The molecule has 11 nitrogen and oxygen atoms in total. The van der Waals surface area contributed by atoms with Crippen LogP contribution in [0.5, 0.6) is 0 Å². The fraction of sp³-hybridized carbons (Fsp3) is 0.344. The summed E-state index contributed by atoms with van der Waals surface area (Å²) in [6.45, 7) is 11.9.